The molecule has 4 nitrogen and oxygen atoms in total. The highest BCUT2D eigenvalue weighted by Gasteiger charge is 2.23. The lowest BCUT2D eigenvalue weighted by Gasteiger charge is -2.22. The lowest BCUT2D eigenvalue weighted by atomic mass is 10.0. The summed E-state index contributed by atoms with van der Waals surface area (Å²) >= 11 is 5.97. The summed E-state index contributed by atoms with van der Waals surface area (Å²) in [6.07, 6.45) is 0.845. The molecule has 1 aliphatic heterocycles. The fourth-order valence-corrected chi connectivity index (χ4v) is 2.03. The Morgan fingerprint density at radius 3 is 2.65 bits per heavy atom. The molecule has 0 spiro atoms. The maximum absolute atomic E-state index is 11.2. The van der Waals surface area contributed by atoms with E-state index in [2.05, 4.69) is 0 Å². The van der Waals surface area contributed by atoms with Crippen molar-refractivity contribution < 1.29 is 19.1 Å². The van der Waals surface area contributed by atoms with Crippen molar-refractivity contribution in [2.24, 2.45) is 0 Å². The van der Waals surface area contributed by atoms with Crippen molar-refractivity contribution in [1.29, 1.82) is 0 Å². The van der Waals surface area contributed by atoms with Gasteiger partial charge in [0.05, 0.1) is 10.6 Å². The first kappa shape index (κ1) is 11.9. The van der Waals surface area contributed by atoms with Crippen LogP contribution >= 0.6 is 11.6 Å². The minimum atomic E-state index is -0.00343. The van der Waals surface area contributed by atoms with Gasteiger partial charge in [-0.3, -0.25) is 9.59 Å². The molecule has 17 heavy (non-hydrogen) atoms. The molecule has 0 bridgehead atoms. The van der Waals surface area contributed by atoms with E-state index in [0.29, 0.717) is 36.6 Å². The molecular formula is C12H11ClO4. The Labute approximate surface area is 103 Å². The number of carbonyl (C=O) groups excluding carboxylic acids is 2. The smallest absolute Gasteiger partial charge is 0.173 e. The Balaban J connectivity index is 2.57. The van der Waals surface area contributed by atoms with Crippen LogP contribution < -0.4 is 9.47 Å². The van der Waals surface area contributed by atoms with Gasteiger partial charge in [-0.2, -0.15) is 0 Å². The van der Waals surface area contributed by atoms with Gasteiger partial charge in [-0.25, -0.2) is 0 Å². The minimum absolute atomic E-state index is 0.00343. The molecule has 0 atom stereocenters. The maximum Gasteiger partial charge on any atom is 0.173 e. The van der Waals surface area contributed by atoms with Crippen LogP contribution in [0.4, 0.5) is 0 Å². The van der Waals surface area contributed by atoms with E-state index in [9.17, 15) is 9.59 Å². The third kappa shape index (κ3) is 2.26. The Hall–Kier alpha value is -1.55. The summed E-state index contributed by atoms with van der Waals surface area (Å²) < 4.78 is 10.9. The number of carbonyl (C=O) groups is 2. The molecule has 0 saturated heterocycles. The first-order valence-electron chi connectivity index (χ1n) is 5.19. The van der Waals surface area contributed by atoms with Gasteiger partial charge in [-0.1, -0.05) is 11.6 Å². The number of ether oxygens (including phenoxy) is 2. The molecule has 90 valence electrons. The molecule has 0 radical (unpaired) electrons. The quantitative estimate of drug-likeness (QED) is 0.775. The average Bonchev–Trinajstić information content (AvgIpc) is 2.28. The van der Waals surface area contributed by atoms with Crippen molar-refractivity contribution in [3.8, 4) is 11.5 Å². The van der Waals surface area contributed by atoms with Gasteiger partial charge in [-0.05, 0) is 13.0 Å². The van der Waals surface area contributed by atoms with Gasteiger partial charge in [-0.15, -0.1) is 0 Å². The standard InChI is InChI=1S/C12H11ClO4/c1-7(15)4-8-5-10(13)9(6-14)12-11(8)16-2-3-17-12/h5-6H,2-4H2,1H3. The van der Waals surface area contributed by atoms with Gasteiger partial charge in [0.1, 0.15) is 19.0 Å². The van der Waals surface area contributed by atoms with E-state index < -0.39 is 0 Å². The molecule has 0 saturated carbocycles. The summed E-state index contributed by atoms with van der Waals surface area (Å²) in [4.78, 5) is 22.1. The molecule has 0 aromatic heterocycles. The lowest BCUT2D eigenvalue weighted by molar-refractivity contribution is -0.116. The van der Waals surface area contributed by atoms with Crippen molar-refractivity contribution >= 4 is 23.7 Å². The van der Waals surface area contributed by atoms with Crippen molar-refractivity contribution in [1.82, 2.24) is 0 Å². The molecule has 1 aromatic carbocycles. The summed E-state index contributed by atoms with van der Waals surface area (Å²) in [5.74, 6) is 0.796. The SMILES string of the molecule is CC(=O)Cc1cc(Cl)c(C=O)c2c1OCCO2. The van der Waals surface area contributed by atoms with Crippen LogP contribution in [0.3, 0.4) is 0 Å². The van der Waals surface area contributed by atoms with E-state index in [4.69, 9.17) is 21.1 Å². The Morgan fingerprint density at radius 2 is 2.06 bits per heavy atom. The minimum Gasteiger partial charge on any atom is -0.486 e. The van der Waals surface area contributed by atoms with Gasteiger partial charge in [0.25, 0.3) is 0 Å². The second-order valence-electron chi connectivity index (χ2n) is 3.78. The van der Waals surface area contributed by atoms with E-state index in [1.807, 2.05) is 0 Å². The Kier molecular flexibility index (Phi) is 3.33. The number of aldehydes is 1. The zero-order valence-electron chi connectivity index (χ0n) is 9.29. The van der Waals surface area contributed by atoms with Gasteiger partial charge in [0.2, 0.25) is 0 Å². The van der Waals surface area contributed by atoms with Crippen molar-refractivity contribution in [2.75, 3.05) is 13.2 Å². The third-order valence-corrected chi connectivity index (χ3v) is 2.75. The van der Waals surface area contributed by atoms with Gasteiger partial charge < -0.3 is 9.47 Å². The van der Waals surface area contributed by atoms with Crippen LogP contribution in [0.5, 0.6) is 11.5 Å². The fourth-order valence-electron chi connectivity index (χ4n) is 1.77. The number of hydrogen-bond donors (Lipinski definition) is 0. The molecule has 2 rings (SSSR count). The zero-order valence-corrected chi connectivity index (χ0v) is 10.0. The molecule has 5 heteroatoms. The van der Waals surface area contributed by atoms with Gasteiger partial charge in [0, 0.05) is 12.0 Å². The number of hydrogen-bond acceptors (Lipinski definition) is 4. The Morgan fingerprint density at radius 1 is 1.41 bits per heavy atom. The van der Waals surface area contributed by atoms with Crippen molar-refractivity contribution in [3.05, 3.63) is 22.2 Å². The molecule has 0 unspecified atom stereocenters. The lowest BCUT2D eigenvalue weighted by Crippen LogP contribution is -2.18. The number of fused-ring (bicyclic) bond motifs is 1. The number of rotatable bonds is 3. The zero-order chi connectivity index (χ0) is 12.4. The van der Waals surface area contributed by atoms with E-state index >= 15 is 0 Å². The highest BCUT2D eigenvalue weighted by molar-refractivity contribution is 6.33. The first-order valence-corrected chi connectivity index (χ1v) is 5.57. The van der Waals surface area contributed by atoms with Crippen LogP contribution in [0, 0.1) is 0 Å². The van der Waals surface area contributed by atoms with Crippen molar-refractivity contribution in [2.45, 2.75) is 13.3 Å². The van der Waals surface area contributed by atoms with Crippen molar-refractivity contribution in [3.63, 3.8) is 0 Å². The first-order chi connectivity index (χ1) is 8.13. The highest BCUT2D eigenvalue weighted by Crippen LogP contribution is 2.40. The second kappa shape index (κ2) is 4.75. The maximum atomic E-state index is 11.2. The molecular weight excluding hydrogens is 244 g/mol. The van der Waals surface area contributed by atoms with Crippen LogP contribution in [0.25, 0.3) is 0 Å². The molecule has 0 amide bonds. The molecule has 0 fully saturated rings. The number of Topliss-reactive ketones (excluding diaryl/α,β-unsaturated/α-hetero) is 1. The summed E-state index contributed by atoms with van der Waals surface area (Å²) in [5, 5.41) is 0.278. The molecule has 1 aromatic rings. The van der Waals surface area contributed by atoms with Crippen LogP contribution in [-0.4, -0.2) is 25.3 Å². The van der Waals surface area contributed by atoms with Crippen LogP contribution in [-0.2, 0) is 11.2 Å². The number of benzene rings is 1. The summed E-state index contributed by atoms with van der Waals surface area (Å²) in [6, 6.07) is 1.58. The summed E-state index contributed by atoms with van der Waals surface area (Å²) in [6.45, 7) is 2.25. The van der Waals surface area contributed by atoms with E-state index in [1.54, 1.807) is 6.07 Å². The molecule has 1 heterocycles. The van der Waals surface area contributed by atoms with E-state index in [-0.39, 0.29) is 22.8 Å². The Bertz CT molecular complexity index is 482. The fraction of sp³-hybridized carbons (Fsp3) is 0.333. The third-order valence-electron chi connectivity index (χ3n) is 2.43. The monoisotopic (exact) mass is 254 g/mol. The normalized spacial score (nSPS) is 13.3. The van der Waals surface area contributed by atoms with Gasteiger partial charge >= 0.3 is 0 Å². The van der Waals surface area contributed by atoms with E-state index in [0.717, 1.165) is 0 Å². The predicted molar refractivity (Wildman–Crippen MR) is 62.2 cm³/mol. The van der Waals surface area contributed by atoms with Crippen LogP contribution in [0.2, 0.25) is 5.02 Å². The topological polar surface area (TPSA) is 52.6 Å². The molecule has 0 aliphatic carbocycles. The number of halogens is 1. The second-order valence-corrected chi connectivity index (χ2v) is 4.19. The summed E-state index contributed by atoms with van der Waals surface area (Å²) in [5.41, 5.74) is 0.927. The largest absolute Gasteiger partial charge is 0.486 e. The molecule has 0 N–H and O–H groups in total. The van der Waals surface area contributed by atoms with E-state index in [1.165, 1.54) is 6.92 Å². The predicted octanol–water partition coefficient (Wildman–Crippen LogP) is 2.06. The molecule has 1 aliphatic rings. The summed E-state index contributed by atoms with van der Waals surface area (Å²) in [7, 11) is 0. The van der Waals surface area contributed by atoms with Gasteiger partial charge in [0.15, 0.2) is 17.8 Å². The number of ketones is 1. The average molecular weight is 255 g/mol. The van der Waals surface area contributed by atoms with Crippen LogP contribution in [0.1, 0.15) is 22.8 Å². The highest BCUT2D eigenvalue weighted by atomic mass is 35.5. The van der Waals surface area contributed by atoms with Crippen LogP contribution in [0.15, 0.2) is 6.07 Å².